The van der Waals surface area contributed by atoms with Crippen molar-refractivity contribution in [2.24, 2.45) is 5.73 Å². The number of nitrogens with zero attached hydrogens (tertiary/aromatic N) is 1. The molecule has 4 N–H and O–H groups in total. The molecule has 0 unspecified atom stereocenters. The van der Waals surface area contributed by atoms with Crippen LogP contribution >= 0.6 is 0 Å². The molecule has 1 aromatic carbocycles. The van der Waals surface area contributed by atoms with E-state index in [-0.39, 0.29) is 11.6 Å². The molecule has 0 amide bonds. The number of hydrogen-bond acceptors (Lipinski definition) is 5. The molecule has 3 rings (SSSR count). The highest BCUT2D eigenvalue weighted by Crippen LogP contribution is 2.37. The zero-order chi connectivity index (χ0) is 17.8. The normalized spacial score (nSPS) is 14.0. The van der Waals surface area contributed by atoms with Crippen molar-refractivity contribution in [2.75, 3.05) is 31.6 Å². The van der Waals surface area contributed by atoms with Crippen molar-refractivity contribution in [3.63, 3.8) is 0 Å². The van der Waals surface area contributed by atoms with Crippen molar-refractivity contribution < 1.29 is 14.6 Å². The van der Waals surface area contributed by atoms with Gasteiger partial charge in [0.05, 0.1) is 12.1 Å². The number of nitrogens with one attached hydrogen (secondary N) is 1. The number of fused-ring (bicyclic) bond motifs is 1. The molecule has 0 bridgehead atoms. The molecular formula is C18H23N3O4. The van der Waals surface area contributed by atoms with E-state index in [0.717, 1.165) is 30.5 Å². The van der Waals surface area contributed by atoms with E-state index in [1.165, 1.54) is 6.20 Å². The third-order valence-corrected chi connectivity index (χ3v) is 4.27. The van der Waals surface area contributed by atoms with Crippen LogP contribution in [0, 0.1) is 0 Å². The molecular weight excluding hydrogens is 322 g/mol. The van der Waals surface area contributed by atoms with E-state index >= 15 is 0 Å². The summed E-state index contributed by atoms with van der Waals surface area (Å²) in [5.41, 5.74) is 6.34. The minimum atomic E-state index is -1.19. The van der Waals surface area contributed by atoms with Crippen LogP contribution in [0.4, 0.5) is 5.69 Å². The molecule has 25 heavy (non-hydrogen) atoms. The first kappa shape index (κ1) is 17.4. The molecule has 1 fully saturated rings. The molecule has 0 aliphatic heterocycles. The van der Waals surface area contributed by atoms with Gasteiger partial charge in [-0.2, -0.15) is 0 Å². The Hall–Kier alpha value is -2.38. The van der Waals surface area contributed by atoms with Gasteiger partial charge in [0.1, 0.15) is 5.56 Å². The van der Waals surface area contributed by atoms with Gasteiger partial charge in [-0.05, 0) is 44.0 Å². The zero-order valence-corrected chi connectivity index (χ0v) is 14.0. The molecule has 1 aliphatic rings. The van der Waals surface area contributed by atoms with Gasteiger partial charge in [0, 0.05) is 36.5 Å². The van der Waals surface area contributed by atoms with Crippen LogP contribution in [0.3, 0.4) is 0 Å². The zero-order valence-electron chi connectivity index (χ0n) is 14.0. The lowest BCUT2D eigenvalue weighted by Crippen LogP contribution is -2.19. The minimum Gasteiger partial charge on any atom is -0.477 e. The first-order chi connectivity index (χ1) is 12.1. The van der Waals surface area contributed by atoms with E-state index in [4.69, 9.17) is 10.5 Å². The van der Waals surface area contributed by atoms with E-state index in [2.05, 4.69) is 5.32 Å². The lowest BCUT2D eigenvalue weighted by molar-refractivity contribution is 0.0695. The monoisotopic (exact) mass is 345 g/mol. The summed E-state index contributed by atoms with van der Waals surface area (Å²) in [5, 5.41) is 12.9. The lowest BCUT2D eigenvalue weighted by atomic mass is 10.1. The molecule has 1 aliphatic carbocycles. The molecule has 1 heterocycles. The maximum Gasteiger partial charge on any atom is 0.341 e. The summed E-state index contributed by atoms with van der Waals surface area (Å²) < 4.78 is 7.35. The summed E-state index contributed by atoms with van der Waals surface area (Å²) in [7, 11) is 0. The van der Waals surface area contributed by atoms with E-state index in [0.29, 0.717) is 31.7 Å². The van der Waals surface area contributed by atoms with Crippen molar-refractivity contribution >= 4 is 22.6 Å². The quantitative estimate of drug-likeness (QED) is 0.599. The standard InChI is InChI=1S/C18H23N3O4/c19-6-1-8-25-9-7-20-12-2-5-16-14(10-12)17(22)15(18(23)24)11-21(16)13-3-4-13/h2,5,10-11,13,20H,1,3-4,6-9,19H2,(H,23,24). The molecule has 0 spiro atoms. The van der Waals surface area contributed by atoms with E-state index in [1.54, 1.807) is 6.07 Å². The number of benzene rings is 1. The van der Waals surface area contributed by atoms with Crippen LogP contribution in [0.25, 0.3) is 10.9 Å². The summed E-state index contributed by atoms with van der Waals surface area (Å²) >= 11 is 0. The van der Waals surface area contributed by atoms with Crippen molar-refractivity contribution in [3.8, 4) is 0 Å². The number of rotatable bonds is 9. The number of nitrogens with two attached hydrogens (primary N) is 1. The average Bonchev–Trinajstić information content (AvgIpc) is 3.43. The van der Waals surface area contributed by atoms with Crippen LogP contribution in [-0.4, -0.2) is 41.9 Å². The van der Waals surface area contributed by atoms with E-state index in [1.807, 2.05) is 16.7 Å². The highest BCUT2D eigenvalue weighted by Gasteiger charge is 2.26. The summed E-state index contributed by atoms with van der Waals surface area (Å²) in [6.45, 7) is 2.38. The van der Waals surface area contributed by atoms with Crippen LogP contribution in [0.5, 0.6) is 0 Å². The molecule has 0 saturated heterocycles. The minimum absolute atomic E-state index is 0.179. The molecule has 7 nitrogen and oxygen atoms in total. The van der Waals surface area contributed by atoms with Gasteiger partial charge in [-0.15, -0.1) is 0 Å². The number of carbonyl (C=O) groups is 1. The fraction of sp³-hybridized carbons (Fsp3) is 0.444. The fourth-order valence-electron chi connectivity index (χ4n) is 2.83. The van der Waals surface area contributed by atoms with Gasteiger partial charge in [0.25, 0.3) is 0 Å². The topological polar surface area (TPSA) is 107 Å². The van der Waals surface area contributed by atoms with Gasteiger partial charge in [-0.25, -0.2) is 4.79 Å². The lowest BCUT2D eigenvalue weighted by Gasteiger charge is -2.13. The molecule has 2 aromatic rings. The maximum absolute atomic E-state index is 12.5. The first-order valence-electron chi connectivity index (χ1n) is 8.55. The number of ether oxygens (including phenoxy) is 1. The van der Waals surface area contributed by atoms with E-state index < -0.39 is 11.4 Å². The number of carboxylic acid groups (broad SMARTS) is 1. The van der Waals surface area contributed by atoms with Crippen LogP contribution in [0.1, 0.15) is 35.7 Å². The Morgan fingerprint density at radius 1 is 1.36 bits per heavy atom. The number of aromatic nitrogens is 1. The highest BCUT2D eigenvalue weighted by molar-refractivity contribution is 5.93. The third-order valence-electron chi connectivity index (χ3n) is 4.27. The van der Waals surface area contributed by atoms with Crippen molar-refractivity contribution in [3.05, 3.63) is 40.2 Å². The SMILES string of the molecule is NCCCOCCNc1ccc2c(c1)c(=O)c(C(=O)O)cn2C1CC1. The van der Waals surface area contributed by atoms with Gasteiger partial charge < -0.3 is 25.5 Å². The smallest absolute Gasteiger partial charge is 0.341 e. The Bertz CT molecular complexity index is 827. The Balaban J connectivity index is 1.82. The van der Waals surface area contributed by atoms with Gasteiger partial charge in [-0.1, -0.05) is 0 Å². The molecule has 0 atom stereocenters. The predicted molar refractivity (Wildman–Crippen MR) is 96.4 cm³/mol. The summed E-state index contributed by atoms with van der Waals surface area (Å²) in [4.78, 5) is 23.9. The average molecular weight is 345 g/mol. The summed E-state index contributed by atoms with van der Waals surface area (Å²) in [6, 6.07) is 5.79. The van der Waals surface area contributed by atoms with E-state index in [9.17, 15) is 14.7 Å². The number of hydrogen-bond donors (Lipinski definition) is 3. The number of carboxylic acids is 1. The van der Waals surface area contributed by atoms with Gasteiger partial charge >= 0.3 is 5.97 Å². The van der Waals surface area contributed by atoms with Crippen molar-refractivity contribution in [1.29, 1.82) is 0 Å². The van der Waals surface area contributed by atoms with Crippen molar-refractivity contribution in [1.82, 2.24) is 4.57 Å². The predicted octanol–water partition coefficient (Wildman–Crippen LogP) is 1.81. The second kappa shape index (κ2) is 7.67. The largest absolute Gasteiger partial charge is 0.477 e. The van der Waals surface area contributed by atoms with Crippen LogP contribution in [-0.2, 0) is 4.74 Å². The second-order valence-electron chi connectivity index (χ2n) is 6.23. The first-order valence-corrected chi connectivity index (χ1v) is 8.55. The Kier molecular flexibility index (Phi) is 5.35. The molecule has 134 valence electrons. The van der Waals surface area contributed by atoms with Crippen LogP contribution in [0.15, 0.2) is 29.2 Å². The van der Waals surface area contributed by atoms with Gasteiger partial charge in [0.2, 0.25) is 5.43 Å². The highest BCUT2D eigenvalue weighted by atomic mass is 16.5. The summed E-state index contributed by atoms with van der Waals surface area (Å²) in [6.07, 6.45) is 4.33. The van der Waals surface area contributed by atoms with Gasteiger partial charge in [-0.3, -0.25) is 4.79 Å². The Labute approximate surface area is 145 Å². The maximum atomic E-state index is 12.5. The Morgan fingerprint density at radius 3 is 2.84 bits per heavy atom. The Morgan fingerprint density at radius 2 is 2.16 bits per heavy atom. The molecule has 7 heteroatoms. The molecule has 1 saturated carbocycles. The molecule has 1 aromatic heterocycles. The van der Waals surface area contributed by atoms with Gasteiger partial charge in [0.15, 0.2) is 0 Å². The van der Waals surface area contributed by atoms with Crippen molar-refractivity contribution in [2.45, 2.75) is 25.3 Å². The number of aromatic carboxylic acids is 1. The second-order valence-corrected chi connectivity index (χ2v) is 6.23. The molecule has 0 radical (unpaired) electrons. The third kappa shape index (κ3) is 4.00. The fourth-order valence-corrected chi connectivity index (χ4v) is 2.83. The van der Waals surface area contributed by atoms with Crippen LogP contribution in [0.2, 0.25) is 0 Å². The number of anilines is 1. The number of pyridine rings is 1. The van der Waals surface area contributed by atoms with Crippen LogP contribution < -0.4 is 16.5 Å². The summed E-state index contributed by atoms with van der Waals surface area (Å²) in [5.74, 6) is -1.19.